The second-order valence-electron chi connectivity index (χ2n) is 5.27. The predicted molar refractivity (Wildman–Crippen MR) is 100 cm³/mol. The molecular formula is C16H20N6O2S. The first-order valence-corrected chi connectivity index (χ1v) is 8.59. The van der Waals surface area contributed by atoms with E-state index < -0.39 is 0 Å². The Labute approximate surface area is 149 Å². The molecule has 0 atom stereocenters. The Hall–Kier alpha value is -2.81. The fraction of sp³-hybridized carbons (Fsp3) is 0.250. The molecule has 0 bridgehead atoms. The standard InChI is InChI=1S/C16H20N6O2S/c1-3-14(23)20-11-5-4-10(6-9(11)2)19-15(24)8-25-16-21-12(17)7-13(18)22-16/h4-7H,3,8H2,1-2H3,(H,19,24)(H,20,23)(H4,17,18,21,22). The highest BCUT2D eigenvalue weighted by Gasteiger charge is 2.09. The van der Waals surface area contributed by atoms with Crippen LogP contribution in [0.5, 0.6) is 0 Å². The smallest absolute Gasteiger partial charge is 0.234 e. The summed E-state index contributed by atoms with van der Waals surface area (Å²) >= 11 is 1.14. The number of nitrogens with two attached hydrogens (primary N) is 2. The molecule has 1 aromatic heterocycles. The summed E-state index contributed by atoms with van der Waals surface area (Å²) in [7, 11) is 0. The Morgan fingerprint density at radius 2 is 1.76 bits per heavy atom. The number of nitrogen functional groups attached to an aromatic ring is 2. The van der Waals surface area contributed by atoms with Crippen LogP contribution in [0.3, 0.4) is 0 Å². The van der Waals surface area contributed by atoms with E-state index >= 15 is 0 Å². The van der Waals surface area contributed by atoms with Gasteiger partial charge < -0.3 is 22.1 Å². The average Bonchev–Trinajstić information content (AvgIpc) is 2.54. The lowest BCUT2D eigenvalue weighted by Crippen LogP contribution is -2.15. The van der Waals surface area contributed by atoms with Crippen LogP contribution in [0.4, 0.5) is 23.0 Å². The van der Waals surface area contributed by atoms with Crippen LogP contribution in [-0.4, -0.2) is 27.5 Å². The number of aryl methyl sites for hydroxylation is 1. The van der Waals surface area contributed by atoms with E-state index in [1.807, 2.05) is 6.92 Å². The van der Waals surface area contributed by atoms with E-state index in [2.05, 4.69) is 20.6 Å². The number of carbonyl (C=O) groups excluding carboxylic acids is 2. The summed E-state index contributed by atoms with van der Waals surface area (Å²) in [5.74, 6) is 0.375. The number of nitrogens with one attached hydrogen (secondary N) is 2. The zero-order chi connectivity index (χ0) is 18.4. The highest BCUT2D eigenvalue weighted by atomic mass is 32.2. The molecule has 132 valence electrons. The van der Waals surface area contributed by atoms with Crippen molar-refractivity contribution in [1.82, 2.24) is 9.97 Å². The number of aromatic nitrogens is 2. The SMILES string of the molecule is CCC(=O)Nc1ccc(NC(=O)CSc2nc(N)cc(N)n2)cc1C. The topological polar surface area (TPSA) is 136 Å². The van der Waals surface area contributed by atoms with Gasteiger partial charge in [0.1, 0.15) is 11.6 Å². The van der Waals surface area contributed by atoms with Gasteiger partial charge in [-0.05, 0) is 30.7 Å². The quantitative estimate of drug-likeness (QED) is 0.457. The molecular weight excluding hydrogens is 340 g/mol. The molecule has 0 aliphatic rings. The van der Waals surface area contributed by atoms with Crippen LogP contribution in [0.25, 0.3) is 0 Å². The molecule has 2 aromatic rings. The van der Waals surface area contributed by atoms with Gasteiger partial charge in [-0.2, -0.15) is 0 Å². The molecule has 0 saturated carbocycles. The number of benzene rings is 1. The fourth-order valence-electron chi connectivity index (χ4n) is 1.97. The monoisotopic (exact) mass is 360 g/mol. The zero-order valence-corrected chi connectivity index (χ0v) is 14.8. The minimum absolute atomic E-state index is 0.0577. The number of anilines is 4. The molecule has 0 radical (unpaired) electrons. The van der Waals surface area contributed by atoms with Crippen molar-refractivity contribution in [2.45, 2.75) is 25.4 Å². The molecule has 2 amide bonds. The third-order valence-corrected chi connectivity index (χ3v) is 4.03. The molecule has 1 aromatic carbocycles. The van der Waals surface area contributed by atoms with E-state index in [0.29, 0.717) is 17.3 Å². The van der Waals surface area contributed by atoms with Gasteiger partial charge in [-0.15, -0.1) is 0 Å². The van der Waals surface area contributed by atoms with E-state index in [9.17, 15) is 9.59 Å². The van der Waals surface area contributed by atoms with Gasteiger partial charge >= 0.3 is 0 Å². The average molecular weight is 360 g/mol. The van der Waals surface area contributed by atoms with Crippen LogP contribution in [0.15, 0.2) is 29.4 Å². The first-order chi connectivity index (χ1) is 11.9. The molecule has 6 N–H and O–H groups in total. The number of nitrogens with zero attached hydrogens (tertiary/aromatic N) is 2. The summed E-state index contributed by atoms with van der Waals surface area (Å²) in [5.41, 5.74) is 13.4. The van der Waals surface area contributed by atoms with Crippen molar-refractivity contribution in [3.63, 3.8) is 0 Å². The lowest BCUT2D eigenvalue weighted by atomic mass is 10.1. The second-order valence-corrected chi connectivity index (χ2v) is 6.21. The molecule has 0 fully saturated rings. The van der Waals surface area contributed by atoms with Crippen molar-refractivity contribution >= 4 is 46.6 Å². The van der Waals surface area contributed by atoms with Crippen molar-refractivity contribution in [2.75, 3.05) is 27.9 Å². The first kappa shape index (κ1) is 18.5. The van der Waals surface area contributed by atoms with Crippen LogP contribution >= 0.6 is 11.8 Å². The summed E-state index contributed by atoms with van der Waals surface area (Å²) in [6.45, 7) is 3.65. The van der Waals surface area contributed by atoms with Gasteiger partial charge in [-0.1, -0.05) is 18.7 Å². The summed E-state index contributed by atoms with van der Waals surface area (Å²) < 4.78 is 0. The predicted octanol–water partition coefficient (Wildman–Crippen LogP) is 2.03. The van der Waals surface area contributed by atoms with Gasteiger partial charge in [0.15, 0.2) is 5.16 Å². The molecule has 0 unspecified atom stereocenters. The number of thioether (sulfide) groups is 1. The normalized spacial score (nSPS) is 10.3. The van der Waals surface area contributed by atoms with Gasteiger partial charge in [0.05, 0.1) is 5.75 Å². The molecule has 0 aliphatic carbocycles. The van der Waals surface area contributed by atoms with Gasteiger partial charge in [-0.25, -0.2) is 9.97 Å². The Morgan fingerprint density at radius 1 is 1.08 bits per heavy atom. The minimum Gasteiger partial charge on any atom is -0.383 e. The van der Waals surface area contributed by atoms with E-state index in [4.69, 9.17) is 11.5 Å². The molecule has 0 saturated heterocycles. The second kappa shape index (κ2) is 8.34. The molecule has 0 aliphatic heterocycles. The number of rotatable bonds is 6. The maximum absolute atomic E-state index is 12.1. The molecule has 9 heteroatoms. The third kappa shape index (κ3) is 5.64. The van der Waals surface area contributed by atoms with Crippen molar-refractivity contribution in [1.29, 1.82) is 0 Å². The molecule has 8 nitrogen and oxygen atoms in total. The maximum Gasteiger partial charge on any atom is 0.234 e. The number of carbonyl (C=O) groups is 2. The van der Waals surface area contributed by atoms with E-state index in [-0.39, 0.29) is 29.2 Å². The Bertz CT molecular complexity index is 776. The van der Waals surface area contributed by atoms with Gasteiger partial charge in [0.25, 0.3) is 0 Å². The summed E-state index contributed by atoms with van der Waals surface area (Å²) in [6.07, 6.45) is 0.408. The van der Waals surface area contributed by atoms with Gasteiger partial charge in [0.2, 0.25) is 11.8 Å². The Balaban J connectivity index is 1.94. The largest absolute Gasteiger partial charge is 0.383 e. The third-order valence-electron chi connectivity index (χ3n) is 3.18. The maximum atomic E-state index is 12.1. The lowest BCUT2D eigenvalue weighted by Gasteiger charge is -2.10. The molecule has 2 rings (SSSR count). The Kier molecular flexibility index (Phi) is 6.18. The summed E-state index contributed by atoms with van der Waals surface area (Å²) in [4.78, 5) is 31.5. The van der Waals surface area contributed by atoms with Crippen LogP contribution in [0.1, 0.15) is 18.9 Å². The van der Waals surface area contributed by atoms with Crippen molar-refractivity contribution in [3.8, 4) is 0 Å². The highest BCUT2D eigenvalue weighted by Crippen LogP contribution is 2.21. The van der Waals surface area contributed by atoms with Crippen molar-refractivity contribution < 1.29 is 9.59 Å². The highest BCUT2D eigenvalue weighted by molar-refractivity contribution is 7.99. The van der Waals surface area contributed by atoms with Crippen LogP contribution < -0.4 is 22.1 Å². The van der Waals surface area contributed by atoms with E-state index in [1.54, 1.807) is 25.1 Å². The van der Waals surface area contributed by atoms with Crippen molar-refractivity contribution in [2.24, 2.45) is 0 Å². The fourth-order valence-corrected chi connectivity index (χ4v) is 2.65. The summed E-state index contributed by atoms with van der Waals surface area (Å²) in [5, 5.41) is 5.94. The Morgan fingerprint density at radius 3 is 2.36 bits per heavy atom. The van der Waals surface area contributed by atoms with Gasteiger partial charge in [-0.3, -0.25) is 9.59 Å². The molecule has 25 heavy (non-hydrogen) atoms. The van der Waals surface area contributed by atoms with Crippen molar-refractivity contribution in [3.05, 3.63) is 29.8 Å². The van der Waals surface area contributed by atoms with E-state index in [1.165, 1.54) is 6.07 Å². The minimum atomic E-state index is -0.209. The van der Waals surface area contributed by atoms with Crippen LogP contribution in [0, 0.1) is 6.92 Å². The van der Waals surface area contributed by atoms with Crippen LogP contribution in [-0.2, 0) is 9.59 Å². The molecule has 1 heterocycles. The number of amides is 2. The molecule has 0 spiro atoms. The van der Waals surface area contributed by atoms with Gasteiger partial charge in [0, 0.05) is 23.9 Å². The number of hydrogen-bond acceptors (Lipinski definition) is 7. The number of hydrogen-bond donors (Lipinski definition) is 4. The van der Waals surface area contributed by atoms with E-state index in [0.717, 1.165) is 23.0 Å². The lowest BCUT2D eigenvalue weighted by molar-refractivity contribution is -0.116. The first-order valence-electron chi connectivity index (χ1n) is 7.60. The zero-order valence-electron chi connectivity index (χ0n) is 14.0. The van der Waals surface area contributed by atoms with Crippen LogP contribution in [0.2, 0.25) is 0 Å². The summed E-state index contributed by atoms with van der Waals surface area (Å²) in [6, 6.07) is 6.73.